The molecular formula is C17H19N5OS2. The van der Waals surface area contributed by atoms with Gasteiger partial charge in [0.1, 0.15) is 0 Å². The third-order valence-electron chi connectivity index (χ3n) is 3.69. The van der Waals surface area contributed by atoms with Gasteiger partial charge in [-0.25, -0.2) is 4.68 Å². The highest BCUT2D eigenvalue weighted by Gasteiger charge is 2.10. The first-order chi connectivity index (χ1) is 12.2. The largest absolute Gasteiger partial charge is 0.355 e. The molecule has 130 valence electrons. The summed E-state index contributed by atoms with van der Waals surface area (Å²) in [6.45, 7) is 3.34. The third kappa shape index (κ3) is 5.14. The smallest absolute Gasteiger partial charge is 0.230 e. The van der Waals surface area contributed by atoms with Crippen LogP contribution in [0, 0.1) is 6.92 Å². The average molecular weight is 374 g/mol. The molecule has 2 heterocycles. The van der Waals surface area contributed by atoms with Gasteiger partial charge >= 0.3 is 0 Å². The molecule has 0 atom stereocenters. The molecule has 1 aromatic carbocycles. The molecule has 0 aliphatic rings. The molecular weight excluding hydrogens is 354 g/mol. The number of benzene rings is 1. The fourth-order valence-corrected chi connectivity index (χ4v) is 3.75. The highest BCUT2D eigenvalue weighted by Crippen LogP contribution is 2.16. The second-order valence-corrected chi connectivity index (χ2v) is 7.49. The molecule has 0 aliphatic heterocycles. The van der Waals surface area contributed by atoms with Crippen molar-refractivity contribution in [3.8, 4) is 0 Å². The van der Waals surface area contributed by atoms with E-state index in [1.165, 1.54) is 27.8 Å². The Balaban J connectivity index is 1.43. The number of nitrogens with zero attached hydrogens (tertiary/aromatic N) is 4. The fraction of sp³-hybridized carbons (Fsp3) is 0.294. The SMILES string of the molecule is Cc1ccccc1CCNC(=O)CSc1nnnn1Cc1cccs1. The summed E-state index contributed by atoms with van der Waals surface area (Å²) in [6, 6.07) is 12.3. The summed E-state index contributed by atoms with van der Waals surface area (Å²) in [5.41, 5.74) is 2.51. The summed E-state index contributed by atoms with van der Waals surface area (Å²) in [4.78, 5) is 13.2. The lowest BCUT2D eigenvalue weighted by atomic mass is 10.1. The molecule has 0 saturated carbocycles. The Morgan fingerprint density at radius 3 is 2.96 bits per heavy atom. The molecule has 1 amide bonds. The number of thiophene rings is 1. The molecule has 25 heavy (non-hydrogen) atoms. The molecule has 3 rings (SSSR count). The van der Waals surface area contributed by atoms with Crippen molar-refractivity contribution in [2.24, 2.45) is 0 Å². The zero-order chi connectivity index (χ0) is 17.5. The molecule has 0 aliphatic carbocycles. The van der Waals surface area contributed by atoms with Crippen LogP contribution in [-0.4, -0.2) is 38.4 Å². The summed E-state index contributed by atoms with van der Waals surface area (Å²) >= 11 is 3.01. The lowest BCUT2D eigenvalue weighted by Crippen LogP contribution is -2.27. The predicted octanol–water partition coefficient (Wildman–Crippen LogP) is 2.54. The monoisotopic (exact) mass is 373 g/mol. The number of hydrogen-bond donors (Lipinski definition) is 1. The van der Waals surface area contributed by atoms with E-state index >= 15 is 0 Å². The lowest BCUT2D eigenvalue weighted by molar-refractivity contribution is -0.118. The number of amides is 1. The number of hydrogen-bond acceptors (Lipinski definition) is 6. The Morgan fingerprint density at radius 1 is 1.28 bits per heavy atom. The van der Waals surface area contributed by atoms with Crippen molar-refractivity contribution < 1.29 is 4.79 Å². The molecule has 0 saturated heterocycles. The molecule has 0 radical (unpaired) electrons. The molecule has 0 unspecified atom stereocenters. The van der Waals surface area contributed by atoms with Crippen molar-refractivity contribution in [3.05, 3.63) is 57.8 Å². The summed E-state index contributed by atoms with van der Waals surface area (Å²) in [7, 11) is 0. The van der Waals surface area contributed by atoms with Crippen LogP contribution in [0.5, 0.6) is 0 Å². The lowest BCUT2D eigenvalue weighted by Gasteiger charge is -2.07. The normalized spacial score (nSPS) is 10.8. The van der Waals surface area contributed by atoms with Crippen molar-refractivity contribution >= 4 is 29.0 Å². The van der Waals surface area contributed by atoms with E-state index in [9.17, 15) is 4.79 Å². The zero-order valence-corrected chi connectivity index (χ0v) is 15.5. The maximum atomic E-state index is 12.0. The van der Waals surface area contributed by atoms with Crippen LogP contribution < -0.4 is 5.32 Å². The number of thioether (sulfide) groups is 1. The van der Waals surface area contributed by atoms with Crippen molar-refractivity contribution in [1.29, 1.82) is 0 Å². The van der Waals surface area contributed by atoms with Crippen molar-refractivity contribution in [1.82, 2.24) is 25.5 Å². The summed E-state index contributed by atoms with van der Waals surface area (Å²) in [6.07, 6.45) is 0.833. The van der Waals surface area contributed by atoms with Crippen molar-refractivity contribution in [3.63, 3.8) is 0 Å². The van der Waals surface area contributed by atoms with E-state index < -0.39 is 0 Å². The first-order valence-electron chi connectivity index (χ1n) is 7.95. The highest BCUT2D eigenvalue weighted by atomic mass is 32.2. The van der Waals surface area contributed by atoms with Crippen LogP contribution in [0.15, 0.2) is 46.9 Å². The Hall–Kier alpha value is -2.19. The van der Waals surface area contributed by atoms with Crippen LogP contribution in [0.1, 0.15) is 16.0 Å². The molecule has 1 N–H and O–H groups in total. The van der Waals surface area contributed by atoms with E-state index in [-0.39, 0.29) is 5.91 Å². The van der Waals surface area contributed by atoms with Gasteiger partial charge in [-0.1, -0.05) is 42.1 Å². The number of aryl methyl sites for hydroxylation is 1. The van der Waals surface area contributed by atoms with Gasteiger partial charge in [-0.2, -0.15) is 0 Å². The van der Waals surface area contributed by atoms with Gasteiger partial charge in [0.15, 0.2) is 0 Å². The van der Waals surface area contributed by atoms with Crippen molar-refractivity contribution in [2.75, 3.05) is 12.3 Å². The van der Waals surface area contributed by atoms with E-state index in [1.54, 1.807) is 16.0 Å². The Labute approximate surface area is 154 Å². The first-order valence-corrected chi connectivity index (χ1v) is 9.81. The minimum absolute atomic E-state index is 0.00995. The predicted molar refractivity (Wildman–Crippen MR) is 99.9 cm³/mol. The number of aromatic nitrogens is 4. The second kappa shape index (κ2) is 8.77. The quantitative estimate of drug-likeness (QED) is 0.614. The number of nitrogens with one attached hydrogen (secondary N) is 1. The van der Waals surface area contributed by atoms with Gasteiger partial charge in [-0.3, -0.25) is 4.79 Å². The average Bonchev–Trinajstić information content (AvgIpc) is 3.27. The third-order valence-corrected chi connectivity index (χ3v) is 5.51. The van der Waals surface area contributed by atoms with E-state index in [0.29, 0.717) is 24.0 Å². The fourth-order valence-electron chi connectivity index (χ4n) is 2.36. The van der Waals surface area contributed by atoms with Crippen LogP contribution in [0.25, 0.3) is 0 Å². The van der Waals surface area contributed by atoms with Crippen LogP contribution in [0.4, 0.5) is 0 Å². The van der Waals surface area contributed by atoms with Gasteiger partial charge in [-0.05, 0) is 46.3 Å². The van der Waals surface area contributed by atoms with E-state index in [0.717, 1.165) is 6.42 Å². The van der Waals surface area contributed by atoms with E-state index in [4.69, 9.17) is 0 Å². The standard InChI is InChI=1S/C17H19N5OS2/c1-13-5-2-3-6-14(13)8-9-18-16(23)12-25-17-19-20-21-22(17)11-15-7-4-10-24-15/h2-7,10H,8-9,11-12H2,1H3,(H,18,23). The Kier molecular flexibility index (Phi) is 6.19. The van der Waals surface area contributed by atoms with Crippen LogP contribution in [0.2, 0.25) is 0 Å². The number of tetrazole rings is 1. The maximum absolute atomic E-state index is 12.0. The van der Waals surface area contributed by atoms with Crippen LogP contribution in [-0.2, 0) is 17.8 Å². The number of rotatable bonds is 8. The first kappa shape index (κ1) is 17.6. The summed E-state index contributed by atoms with van der Waals surface area (Å²) in [5, 5.41) is 17.3. The zero-order valence-electron chi connectivity index (χ0n) is 13.9. The molecule has 0 spiro atoms. The molecule has 2 aromatic heterocycles. The minimum atomic E-state index is -0.00995. The van der Waals surface area contributed by atoms with Gasteiger partial charge in [0.2, 0.25) is 11.1 Å². The maximum Gasteiger partial charge on any atom is 0.230 e. The van der Waals surface area contributed by atoms with Gasteiger partial charge in [0, 0.05) is 11.4 Å². The molecule has 3 aromatic rings. The summed E-state index contributed by atoms with van der Waals surface area (Å²) in [5.74, 6) is 0.294. The summed E-state index contributed by atoms with van der Waals surface area (Å²) < 4.78 is 1.72. The van der Waals surface area contributed by atoms with Crippen molar-refractivity contribution in [2.45, 2.75) is 25.0 Å². The topological polar surface area (TPSA) is 72.7 Å². The van der Waals surface area contributed by atoms with E-state index in [2.05, 4.69) is 39.9 Å². The van der Waals surface area contributed by atoms with Crippen LogP contribution >= 0.6 is 23.1 Å². The van der Waals surface area contributed by atoms with Gasteiger partial charge < -0.3 is 5.32 Å². The van der Waals surface area contributed by atoms with Gasteiger partial charge in [-0.15, -0.1) is 16.4 Å². The molecule has 8 heteroatoms. The second-order valence-electron chi connectivity index (χ2n) is 5.51. The van der Waals surface area contributed by atoms with Gasteiger partial charge in [0.25, 0.3) is 0 Å². The van der Waals surface area contributed by atoms with Crippen LogP contribution in [0.3, 0.4) is 0 Å². The number of carbonyl (C=O) groups is 1. The van der Waals surface area contributed by atoms with Gasteiger partial charge in [0.05, 0.1) is 12.3 Å². The Morgan fingerprint density at radius 2 is 2.16 bits per heavy atom. The van der Waals surface area contributed by atoms with E-state index in [1.807, 2.05) is 29.6 Å². The molecule has 0 fully saturated rings. The molecule has 0 bridgehead atoms. The Bertz CT molecular complexity index is 816. The molecule has 6 nitrogen and oxygen atoms in total. The minimum Gasteiger partial charge on any atom is -0.355 e. The number of carbonyl (C=O) groups excluding carboxylic acids is 1. The highest BCUT2D eigenvalue weighted by molar-refractivity contribution is 7.99.